The molecule has 0 saturated heterocycles. The van der Waals surface area contributed by atoms with Crippen molar-refractivity contribution in [3.63, 3.8) is 0 Å². The van der Waals surface area contributed by atoms with Crippen LogP contribution in [0.2, 0.25) is 0 Å². The fourth-order valence-electron chi connectivity index (χ4n) is 1.90. The second-order valence-corrected chi connectivity index (χ2v) is 4.32. The van der Waals surface area contributed by atoms with E-state index in [1.54, 1.807) is 20.0 Å². The molecule has 1 amide bonds. The number of likely N-dealkylation sites (N-methyl/N-ethyl adjacent to an activating group) is 1. The summed E-state index contributed by atoms with van der Waals surface area (Å²) in [4.78, 5) is 21.8. The van der Waals surface area contributed by atoms with Gasteiger partial charge in [-0.2, -0.15) is 0 Å². The first-order valence-electron chi connectivity index (χ1n) is 6.21. The standard InChI is InChI=1S/C13H19N3O3/c1-4-12(15-9(2)13(17)14-3)10-6-5-7-11(8-10)16(18)19/h5-9,12,15H,4H2,1-3H3,(H,14,17). The highest BCUT2D eigenvalue weighted by Crippen LogP contribution is 2.21. The van der Waals surface area contributed by atoms with Gasteiger partial charge in [0.25, 0.3) is 5.69 Å². The summed E-state index contributed by atoms with van der Waals surface area (Å²) in [6.07, 6.45) is 0.739. The van der Waals surface area contributed by atoms with Crippen molar-refractivity contribution in [3.05, 3.63) is 39.9 Å². The average Bonchev–Trinajstić information content (AvgIpc) is 2.43. The number of nitrogens with one attached hydrogen (secondary N) is 2. The molecule has 6 heteroatoms. The van der Waals surface area contributed by atoms with Crippen molar-refractivity contribution >= 4 is 11.6 Å². The maximum Gasteiger partial charge on any atom is 0.269 e. The Morgan fingerprint density at radius 1 is 1.47 bits per heavy atom. The molecule has 2 unspecified atom stereocenters. The van der Waals surface area contributed by atoms with Gasteiger partial charge < -0.3 is 5.32 Å². The molecule has 2 N–H and O–H groups in total. The molecule has 0 bridgehead atoms. The number of hydrogen-bond donors (Lipinski definition) is 2. The number of carbonyl (C=O) groups is 1. The van der Waals surface area contributed by atoms with Crippen molar-refractivity contribution < 1.29 is 9.72 Å². The van der Waals surface area contributed by atoms with Crippen LogP contribution >= 0.6 is 0 Å². The van der Waals surface area contributed by atoms with Crippen LogP contribution in [0.4, 0.5) is 5.69 Å². The molecule has 0 aromatic heterocycles. The van der Waals surface area contributed by atoms with Crippen LogP contribution in [0.25, 0.3) is 0 Å². The second kappa shape index (κ2) is 6.84. The number of benzene rings is 1. The van der Waals surface area contributed by atoms with Gasteiger partial charge in [0, 0.05) is 25.2 Å². The van der Waals surface area contributed by atoms with Gasteiger partial charge in [-0.05, 0) is 18.9 Å². The summed E-state index contributed by atoms with van der Waals surface area (Å²) in [7, 11) is 1.58. The van der Waals surface area contributed by atoms with Crippen LogP contribution in [-0.4, -0.2) is 23.9 Å². The first-order chi connectivity index (χ1) is 8.99. The van der Waals surface area contributed by atoms with E-state index in [-0.39, 0.29) is 23.7 Å². The number of hydrogen-bond acceptors (Lipinski definition) is 4. The Kier molecular flexibility index (Phi) is 5.44. The Morgan fingerprint density at radius 3 is 2.68 bits per heavy atom. The van der Waals surface area contributed by atoms with Crippen molar-refractivity contribution in [2.45, 2.75) is 32.4 Å². The van der Waals surface area contributed by atoms with Crippen LogP contribution in [-0.2, 0) is 4.79 Å². The number of nitro groups is 1. The highest BCUT2D eigenvalue weighted by atomic mass is 16.6. The van der Waals surface area contributed by atoms with Crippen molar-refractivity contribution in [3.8, 4) is 0 Å². The molecule has 0 radical (unpaired) electrons. The highest BCUT2D eigenvalue weighted by Gasteiger charge is 2.18. The summed E-state index contributed by atoms with van der Waals surface area (Å²) in [5.74, 6) is -0.108. The summed E-state index contributed by atoms with van der Waals surface area (Å²) in [6.45, 7) is 3.73. The molecule has 0 fully saturated rings. The summed E-state index contributed by atoms with van der Waals surface area (Å²) >= 11 is 0. The molecule has 2 atom stereocenters. The lowest BCUT2D eigenvalue weighted by Gasteiger charge is -2.21. The minimum absolute atomic E-state index is 0.0605. The summed E-state index contributed by atoms with van der Waals surface area (Å²) in [5, 5.41) is 16.5. The van der Waals surface area contributed by atoms with Gasteiger partial charge >= 0.3 is 0 Å². The summed E-state index contributed by atoms with van der Waals surface area (Å²) in [6, 6.07) is 6.03. The third-order valence-electron chi connectivity index (χ3n) is 2.98. The third-order valence-corrected chi connectivity index (χ3v) is 2.98. The average molecular weight is 265 g/mol. The molecule has 1 aromatic carbocycles. The number of nitro benzene ring substituents is 1. The van der Waals surface area contributed by atoms with Gasteiger partial charge in [-0.15, -0.1) is 0 Å². The van der Waals surface area contributed by atoms with E-state index in [2.05, 4.69) is 10.6 Å². The minimum atomic E-state index is -0.418. The van der Waals surface area contributed by atoms with Crippen LogP contribution in [0.3, 0.4) is 0 Å². The molecular formula is C13H19N3O3. The van der Waals surface area contributed by atoms with Gasteiger partial charge in [-0.1, -0.05) is 19.1 Å². The lowest BCUT2D eigenvalue weighted by atomic mass is 10.0. The number of rotatable bonds is 6. The Morgan fingerprint density at radius 2 is 2.16 bits per heavy atom. The first kappa shape index (κ1) is 15.1. The number of non-ortho nitro benzene ring substituents is 1. The predicted octanol–water partition coefficient (Wildman–Crippen LogP) is 1.77. The molecule has 0 aliphatic carbocycles. The van der Waals surface area contributed by atoms with E-state index in [0.717, 1.165) is 12.0 Å². The predicted molar refractivity (Wildman–Crippen MR) is 72.8 cm³/mol. The minimum Gasteiger partial charge on any atom is -0.358 e. The molecular weight excluding hydrogens is 246 g/mol. The molecule has 19 heavy (non-hydrogen) atoms. The van der Waals surface area contributed by atoms with Crippen LogP contribution in [0.5, 0.6) is 0 Å². The molecule has 0 aliphatic heterocycles. The van der Waals surface area contributed by atoms with Gasteiger partial charge in [0.05, 0.1) is 11.0 Å². The number of carbonyl (C=O) groups excluding carboxylic acids is 1. The van der Waals surface area contributed by atoms with Crippen LogP contribution in [0, 0.1) is 10.1 Å². The zero-order valence-electron chi connectivity index (χ0n) is 11.3. The lowest BCUT2D eigenvalue weighted by molar-refractivity contribution is -0.384. The molecule has 1 rings (SSSR count). The molecule has 0 heterocycles. The topological polar surface area (TPSA) is 84.3 Å². The lowest BCUT2D eigenvalue weighted by Crippen LogP contribution is -2.42. The summed E-state index contributed by atoms with van der Waals surface area (Å²) < 4.78 is 0. The zero-order valence-corrected chi connectivity index (χ0v) is 11.3. The Balaban J connectivity index is 2.88. The summed E-state index contributed by atoms with van der Waals surface area (Å²) in [5.41, 5.74) is 0.873. The van der Waals surface area contributed by atoms with Crippen LogP contribution in [0.15, 0.2) is 24.3 Å². The van der Waals surface area contributed by atoms with Crippen molar-refractivity contribution in [1.29, 1.82) is 0 Å². The maximum absolute atomic E-state index is 11.5. The Bertz CT molecular complexity index is 462. The quantitative estimate of drug-likeness (QED) is 0.606. The van der Waals surface area contributed by atoms with E-state index in [4.69, 9.17) is 0 Å². The molecule has 1 aromatic rings. The fraction of sp³-hybridized carbons (Fsp3) is 0.462. The van der Waals surface area contributed by atoms with E-state index in [0.29, 0.717) is 0 Å². The molecule has 0 saturated carbocycles. The fourth-order valence-corrected chi connectivity index (χ4v) is 1.90. The number of amides is 1. The smallest absolute Gasteiger partial charge is 0.269 e. The maximum atomic E-state index is 11.5. The monoisotopic (exact) mass is 265 g/mol. The van der Waals surface area contributed by atoms with Gasteiger partial charge in [-0.3, -0.25) is 20.2 Å². The Labute approximate surface area is 112 Å². The Hall–Kier alpha value is -1.95. The van der Waals surface area contributed by atoms with Crippen LogP contribution in [0.1, 0.15) is 31.9 Å². The van der Waals surface area contributed by atoms with Gasteiger partial charge in [0.2, 0.25) is 5.91 Å². The molecule has 0 spiro atoms. The van der Waals surface area contributed by atoms with E-state index >= 15 is 0 Å². The third kappa shape index (κ3) is 4.03. The van der Waals surface area contributed by atoms with Gasteiger partial charge in [0.1, 0.15) is 0 Å². The second-order valence-electron chi connectivity index (χ2n) is 4.32. The van der Waals surface area contributed by atoms with Crippen molar-refractivity contribution in [2.75, 3.05) is 7.05 Å². The normalized spacial score (nSPS) is 13.6. The van der Waals surface area contributed by atoms with Crippen LogP contribution < -0.4 is 10.6 Å². The molecule has 6 nitrogen and oxygen atoms in total. The van der Waals surface area contributed by atoms with Gasteiger partial charge in [0.15, 0.2) is 0 Å². The van der Waals surface area contributed by atoms with Crippen molar-refractivity contribution in [1.82, 2.24) is 10.6 Å². The van der Waals surface area contributed by atoms with Gasteiger partial charge in [-0.25, -0.2) is 0 Å². The van der Waals surface area contributed by atoms with E-state index in [1.807, 2.05) is 13.0 Å². The zero-order chi connectivity index (χ0) is 14.4. The largest absolute Gasteiger partial charge is 0.358 e. The molecule has 104 valence electrons. The van der Waals surface area contributed by atoms with E-state index in [1.165, 1.54) is 12.1 Å². The SMILES string of the molecule is CCC(NC(C)C(=O)NC)c1cccc([N+](=O)[O-])c1. The van der Waals surface area contributed by atoms with E-state index in [9.17, 15) is 14.9 Å². The van der Waals surface area contributed by atoms with Crippen molar-refractivity contribution in [2.24, 2.45) is 0 Å². The van der Waals surface area contributed by atoms with E-state index < -0.39 is 4.92 Å². The number of nitrogens with zero attached hydrogens (tertiary/aromatic N) is 1. The first-order valence-corrected chi connectivity index (χ1v) is 6.21. The highest BCUT2D eigenvalue weighted by molar-refractivity contribution is 5.81. The molecule has 0 aliphatic rings.